The van der Waals surface area contributed by atoms with Crippen molar-refractivity contribution >= 4 is 23.2 Å². The van der Waals surface area contributed by atoms with Gasteiger partial charge in [-0.2, -0.15) is 0 Å². The molecular weight excluding hydrogens is 634 g/mol. The minimum atomic E-state index is -2.69. The molecule has 47 heavy (non-hydrogen) atoms. The van der Waals surface area contributed by atoms with Gasteiger partial charge < -0.3 is 19.5 Å². The first-order valence-corrected chi connectivity index (χ1v) is 16.4. The minimum Gasteiger partial charge on any atom is -0.487 e. The van der Waals surface area contributed by atoms with Crippen molar-refractivity contribution in [2.45, 2.75) is 69.7 Å². The van der Waals surface area contributed by atoms with E-state index in [4.69, 9.17) is 30.9 Å². The molecule has 1 aromatic carbocycles. The Balaban J connectivity index is 1.11. The Morgan fingerprint density at radius 1 is 1.11 bits per heavy atom. The maximum Gasteiger partial charge on any atom is 0.257 e. The predicted octanol–water partition coefficient (Wildman–Crippen LogP) is 5.17. The monoisotopic (exact) mass is 670 g/mol. The smallest absolute Gasteiger partial charge is 0.257 e. The predicted molar refractivity (Wildman–Crippen MR) is 168 cm³/mol. The zero-order chi connectivity index (χ0) is 32.4. The average molecular weight is 671 g/mol. The molecule has 7 rings (SSSR count). The lowest BCUT2D eigenvalue weighted by Crippen LogP contribution is -2.56. The van der Waals surface area contributed by atoms with E-state index in [0.29, 0.717) is 42.2 Å². The maximum atomic E-state index is 13.7. The third-order valence-corrected chi connectivity index (χ3v) is 9.38. The molecule has 0 bridgehead atoms. The van der Waals surface area contributed by atoms with Crippen LogP contribution in [0.1, 0.15) is 45.4 Å². The molecule has 0 amide bonds. The van der Waals surface area contributed by atoms with Crippen LogP contribution >= 0.6 is 11.6 Å². The van der Waals surface area contributed by atoms with Gasteiger partial charge in [0, 0.05) is 37.5 Å². The van der Waals surface area contributed by atoms with Gasteiger partial charge in [-0.25, -0.2) is 28.1 Å². The zero-order valence-electron chi connectivity index (χ0n) is 26.1. The summed E-state index contributed by atoms with van der Waals surface area (Å²) in [5.41, 5.74) is 1.75. The Bertz CT molecular complexity index is 1640. The van der Waals surface area contributed by atoms with Crippen LogP contribution in [0.2, 0.25) is 5.02 Å². The maximum absolute atomic E-state index is 13.7. The summed E-state index contributed by atoms with van der Waals surface area (Å²) >= 11 is 6.44. The number of alkyl halides is 2. The lowest BCUT2D eigenvalue weighted by Gasteiger charge is -2.47. The van der Waals surface area contributed by atoms with Crippen molar-refractivity contribution < 1.29 is 23.0 Å². The number of hydrogen-bond acceptors (Lipinski definition) is 11. The lowest BCUT2D eigenvalue weighted by atomic mass is 9.87. The van der Waals surface area contributed by atoms with E-state index in [1.54, 1.807) is 23.1 Å². The van der Waals surface area contributed by atoms with Crippen LogP contribution in [-0.2, 0) is 16.9 Å². The van der Waals surface area contributed by atoms with Crippen LogP contribution in [0.25, 0.3) is 11.1 Å². The van der Waals surface area contributed by atoms with Crippen molar-refractivity contribution in [3.05, 3.63) is 48.1 Å². The molecule has 0 radical (unpaired) electrons. The molecule has 3 aromatic heterocycles. The number of halogens is 3. The second-order valence-electron chi connectivity index (χ2n) is 12.4. The lowest BCUT2D eigenvalue weighted by molar-refractivity contribution is -0.0836. The summed E-state index contributed by atoms with van der Waals surface area (Å²) in [6, 6.07) is 5.47. The number of aromatic nitrogens is 8. The van der Waals surface area contributed by atoms with E-state index >= 15 is 0 Å². The number of tetrazole rings is 1. The molecule has 1 unspecified atom stereocenters. The highest BCUT2D eigenvalue weighted by atomic mass is 35.5. The number of ether oxygens (including phenoxy) is 3. The topological polar surface area (TPSA) is 130 Å². The Morgan fingerprint density at radius 2 is 1.87 bits per heavy atom. The fourth-order valence-electron chi connectivity index (χ4n) is 6.40. The molecule has 2 saturated carbocycles. The van der Waals surface area contributed by atoms with E-state index in [1.165, 1.54) is 12.7 Å². The Kier molecular flexibility index (Phi) is 8.94. The van der Waals surface area contributed by atoms with Crippen molar-refractivity contribution in [1.82, 2.24) is 44.9 Å². The largest absolute Gasteiger partial charge is 0.487 e. The van der Waals surface area contributed by atoms with Gasteiger partial charge in [-0.3, -0.25) is 4.90 Å². The van der Waals surface area contributed by atoms with Gasteiger partial charge in [-0.1, -0.05) is 24.1 Å². The number of anilines is 2. The van der Waals surface area contributed by atoms with E-state index in [2.05, 4.69) is 35.7 Å². The second kappa shape index (κ2) is 13.3. The summed E-state index contributed by atoms with van der Waals surface area (Å²) in [6.45, 7) is 5.17. The quantitative estimate of drug-likeness (QED) is 0.214. The standard InChI is InChI=1S/C31H37ClF2N10O3/c1-21(17-43-20-37-40-41-43)47-27-13-22(5-6-25(27)32)23-15-35-29(36-16-23)38-26-18-44(39-28(26)46-19-24-14-31(24,33)34)30(7-3-2-4-8-30)42-9-11-45-12-10-42/h5-6,13,15-16,18,20-21,24H,2-4,7-12,14,17,19H2,1H3,(H,35,36,38)/t21?,24-/m0/s1. The Morgan fingerprint density at radius 3 is 2.57 bits per heavy atom. The number of nitrogens with one attached hydrogen (secondary N) is 1. The highest BCUT2D eigenvalue weighted by Crippen LogP contribution is 2.49. The molecular formula is C31H37ClF2N10O3. The van der Waals surface area contributed by atoms with Crippen LogP contribution in [-0.4, -0.2) is 89.8 Å². The summed E-state index contributed by atoms with van der Waals surface area (Å²) in [6.07, 6.45) is 11.6. The molecule has 1 aliphatic heterocycles. The van der Waals surface area contributed by atoms with Gasteiger partial charge in [0.15, 0.2) is 0 Å². The van der Waals surface area contributed by atoms with E-state index < -0.39 is 11.8 Å². The van der Waals surface area contributed by atoms with Crippen molar-refractivity contribution in [3.8, 4) is 22.8 Å². The SMILES string of the molecule is CC(Cn1cnnn1)Oc1cc(-c2cnc(Nc3cn(C4(N5CCOCC5)CCCCC4)nc3OC[C@@H]3CC3(F)F)nc2)ccc1Cl. The van der Waals surface area contributed by atoms with Crippen LogP contribution < -0.4 is 14.8 Å². The van der Waals surface area contributed by atoms with Gasteiger partial charge in [-0.05, 0) is 60.7 Å². The van der Waals surface area contributed by atoms with Crippen LogP contribution in [0.15, 0.2) is 43.1 Å². The van der Waals surface area contributed by atoms with Gasteiger partial charge in [-0.15, -0.1) is 10.2 Å². The Hall–Kier alpha value is -3.95. The van der Waals surface area contributed by atoms with Gasteiger partial charge in [0.1, 0.15) is 29.5 Å². The summed E-state index contributed by atoms with van der Waals surface area (Å²) in [7, 11) is 0. The summed E-state index contributed by atoms with van der Waals surface area (Å²) in [5, 5.41) is 19.7. The van der Waals surface area contributed by atoms with Crippen molar-refractivity contribution in [1.29, 1.82) is 0 Å². The normalized spacial score (nSPS) is 21.2. The number of rotatable bonds is 12. The minimum absolute atomic E-state index is 0.113. The Labute approximate surface area is 275 Å². The third-order valence-electron chi connectivity index (χ3n) is 9.06. The number of hydrogen-bond donors (Lipinski definition) is 1. The molecule has 2 atom stereocenters. The van der Waals surface area contributed by atoms with E-state index in [0.717, 1.165) is 49.9 Å². The molecule has 3 fully saturated rings. The van der Waals surface area contributed by atoms with Crippen molar-refractivity contribution in [3.63, 3.8) is 0 Å². The average Bonchev–Trinajstić information content (AvgIpc) is 3.41. The summed E-state index contributed by atoms with van der Waals surface area (Å²) < 4.78 is 48.7. The molecule has 1 saturated heterocycles. The number of nitrogens with zero attached hydrogens (tertiary/aromatic N) is 9. The van der Waals surface area contributed by atoms with Crippen molar-refractivity contribution in [2.24, 2.45) is 5.92 Å². The molecule has 16 heteroatoms. The fourth-order valence-corrected chi connectivity index (χ4v) is 6.56. The zero-order valence-corrected chi connectivity index (χ0v) is 26.8. The van der Waals surface area contributed by atoms with E-state index in [1.807, 2.05) is 29.9 Å². The van der Waals surface area contributed by atoms with Crippen LogP contribution in [0.4, 0.5) is 20.4 Å². The number of morpholine rings is 1. The van der Waals surface area contributed by atoms with Gasteiger partial charge in [0.25, 0.3) is 11.8 Å². The van der Waals surface area contributed by atoms with Crippen molar-refractivity contribution in [2.75, 3.05) is 38.2 Å². The van der Waals surface area contributed by atoms with Crippen LogP contribution in [0.5, 0.6) is 11.6 Å². The highest BCUT2D eigenvalue weighted by molar-refractivity contribution is 6.32. The first-order chi connectivity index (χ1) is 22.8. The fraction of sp³-hybridized carbons (Fsp3) is 0.548. The van der Waals surface area contributed by atoms with Crippen LogP contribution in [0.3, 0.4) is 0 Å². The molecule has 0 spiro atoms. The molecule has 250 valence electrons. The van der Waals surface area contributed by atoms with Gasteiger partial charge in [0.2, 0.25) is 5.95 Å². The first-order valence-electron chi connectivity index (χ1n) is 16.0. The van der Waals surface area contributed by atoms with Gasteiger partial charge in [0.05, 0.1) is 43.5 Å². The number of benzene rings is 1. The molecule has 2 aliphatic carbocycles. The van der Waals surface area contributed by atoms with E-state index in [9.17, 15) is 8.78 Å². The van der Waals surface area contributed by atoms with Crippen LogP contribution in [0, 0.1) is 5.92 Å². The molecule has 1 N–H and O–H groups in total. The highest BCUT2D eigenvalue weighted by Gasteiger charge is 2.57. The third kappa shape index (κ3) is 7.02. The van der Waals surface area contributed by atoms with Gasteiger partial charge >= 0.3 is 0 Å². The first kappa shape index (κ1) is 31.6. The van der Waals surface area contributed by atoms with E-state index in [-0.39, 0.29) is 30.7 Å². The molecule has 4 aromatic rings. The second-order valence-corrected chi connectivity index (χ2v) is 12.8. The summed E-state index contributed by atoms with van der Waals surface area (Å²) in [5.74, 6) is -2.41. The summed E-state index contributed by atoms with van der Waals surface area (Å²) in [4.78, 5) is 11.5. The molecule has 4 heterocycles. The molecule has 13 nitrogen and oxygen atoms in total. The molecule has 3 aliphatic rings.